The number of hydrogen-bond acceptors (Lipinski definition) is 7. The van der Waals surface area contributed by atoms with E-state index in [1.54, 1.807) is 30.3 Å². The second kappa shape index (κ2) is 10.6. The van der Waals surface area contributed by atoms with Crippen molar-refractivity contribution in [2.75, 3.05) is 7.11 Å². The smallest absolute Gasteiger partial charge is 0.363 e. The number of cyclic esters (lactones) is 1. The van der Waals surface area contributed by atoms with Crippen molar-refractivity contribution in [2.24, 2.45) is 4.99 Å². The Balaban J connectivity index is 1.58. The zero-order chi connectivity index (χ0) is 25.1. The lowest BCUT2D eigenvalue weighted by molar-refractivity contribution is -0.384. The lowest BCUT2D eigenvalue weighted by Gasteiger charge is -2.13. The molecule has 0 atom stereocenters. The Kier molecular flexibility index (Phi) is 7.51. The van der Waals surface area contributed by atoms with Gasteiger partial charge in [0.2, 0.25) is 5.90 Å². The average molecular weight is 649 g/mol. The van der Waals surface area contributed by atoms with Crippen LogP contribution in [0, 0.1) is 20.6 Å². The highest BCUT2D eigenvalue weighted by atomic mass is 127. The first-order chi connectivity index (χ1) is 16.7. The van der Waals surface area contributed by atoms with E-state index in [1.807, 2.05) is 25.1 Å². The third kappa shape index (κ3) is 5.70. The Morgan fingerprint density at radius 2 is 2.00 bits per heavy atom. The van der Waals surface area contributed by atoms with Crippen LogP contribution in [0.3, 0.4) is 0 Å². The lowest BCUT2D eigenvalue weighted by atomic mass is 10.1. The van der Waals surface area contributed by atoms with Gasteiger partial charge in [-0.1, -0.05) is 12.1 Å². The predicted octanol–water partition coefficient (Wildman–Crippen LogP) is 6.20. The first-order valence-corrected chi connectivity index (χ1v) is 12.1. The average Bonchev–Trinajstić information content (AvgIpc) is 3.20. The Bertz CT molecular complexity index is 1400. The van der Waals surface area contributed by atoms with Crippen LogP contribution in [0.4, 0.5) is 5.69 Å². The van der Waals surface area contributed by atoms with Crippen molar-refractivity contribution in [1.82, 2.24) is 0 Å². The first-order valence-electron chi connectivity index (χ1n) is 10.3. The van der Waals surface area contributed by atoms with Gasteiger partial charge in [-0.15, -0.1) is 0 Å². The molecule has 10 heteroatoms. The van der Waals surface area contributed by atoms with Crippen LogP contribution in [0.1, 0.15) is 22.3 Å². The summed E-state index contributed by atoms with van der Waals surface area (Å²) >= 11 is 5.72. The van der Waals surface area contributed by atoms with Crippen LogP contribution in [0.25, 0.3) is 6.08 Å². The SMILES string of the molecule is COc1cc(/C=C2\N=C(c3ccc(I)c(C)c3)OC2=O)cc(Br)c1OCc1cccc([N+](=O)[O-])c1. The third-order valence-corrected chi connectivity index (χ3v) is 6.88. The number of aliphatic imine (C=N–C) groups is 1. The monoisotopic (exact) mass is 648 g/mol. The molecule has 178 valence electrons. The van der Waals surface area contributed by atoms with Gasteiger partial charge >= 0.3 is 5.97 Å². The summed E-state index contributed by atoms with van der Waals surface area (Å²) in [6, 6.07) is 15.4. The summed E-state index contributed by atoms with van der Waals surface area (Å²) in [5.74, 6) is 0.551. The van der Waals surface area contributed by atoms with E-state index in [2.05, 4.69) is 43.5 Å². The Hall–Kier alpha value is -3.25. The van der Waals surface area contributed by atoms with Gasteiger partial charge in [-0.3, -0.25) is 10.1 Å². The summed E-state index contributed by atoms with van der Waals surface area (Å²) in [5.41, 5.74) is 3.23. The Morgan fingerprint density at radius 1 is 1.20 bits per heavy atom. The third-order valence-electron chi connectivity index (χ3n) is 5.09. The zero-order valence-corrected chi connectivity index (χ0v) is 22.3. The molecule has 0 saturated carbocycles. The number of carbonyl (C=O) groups is 1. The molecule has 0 amide bonds. The van der Waals surface area contributed by atoms with Gasteiger partial charge in [0.1, 0.15) is 6.61 Å². The molecule has 0 aliphatic carbocycles. The topological polar surface area (TPSA) is 100 Å². The van der Waals surface area contributed by atoms with Crippen LogP contribution in [0.5, 0.6) is 11.5 Å². The summed E-state index contributed by atoms with van der Waals surface area (Å²) in [6.45, 7) is 2.08. The van der Waals surface area contributed by atoms with E-state index in [-0.39, 0.29) is 23.9 Å². The highest BCUT2D eigenvalue weighted by Gasteiger charge is 2.25. The summed E-state index contributed by atoms with van der Waals surface area (Å²) < 4.78 is 18.4. The first kappa shape index (κ1) is 24.9. The van der Waals surface area contributed by atoms with Gasteiger partial charge in [0.25, 0.3) is 5.69 Å². The van der Waals surface area contributed by atoms with Crippen molar-refractivity contribution in [3.05, 3.63) is 101 Å². The molecule has 0 aromatic heterocycles. The number of halogens is 2. The highest BCUT2D eigenvalue weighted by Crippen LogP contribution is 2.38. The number of non-ortho nitro benzene ring substituents is 1. The molecule has 0 bridgehead atoms. The molecule has 1 aliphatic heterocycles. The minimum atomic E-state index is -0.544. The molecule has 3 aromatic carbocycles. The van der Waals surface area contributed by atoms with Crippen molar-refractivity contribution < 1.29 is 23.9 Å². The van der Waals surface area contributed by atoms with Crippen LogP contribution in [-0.4, -0.2) is 23.9 Å². The molecule has 0 saturated heterocycles. The van der Waals surface area contributed by atoms with Crippen LogP contribution < -0.4 is 9.47 Å². The van der Waals surface area contributed by atoms with Crippen molar-refractivity contribution in [2.45, 2.75) is 13.5 Å². The molecule has 3 aromatic rings. The molecule has 0 unspecified atom stereocenters. The summed E-state index contributed by atoms with van der Waals surface area (Å²) in [5, 5.41) is 11.0. The maximum absolute atomic E-state index is 12.4. The number of hydrogen-bond donors (Lipinski definition) is 0. The van der Waals surface area contributed by atoms with Gasteiger partial charge in [0, 0.05) is 21.3 Å². The van der Waals surface area contributed by atoms with Gasteiger partial charge in [0.15, 0.2) is 17.2 Å². The van der Waals surface area contributed by atoms with Gasteiger partial charge in [-0.05, 0) is 98.5 Å². The van der Waals surface area contributed by atoms with Crippen LogP contribution >= 0.6 is 38.5 Å². The van der Waals surface area contributed by atoms with Gasteiger partial charge in [-0.2, -0.15) is 0 Å². The maximum atomic E-state index is 12.4. The maximum Gasteiger partial charge on any atom is 0.363 e. The fourth-order valence-corrected chi connectivity index (χ4v) is 4.26. The molecule has 0 spiro atoms. The van der Waals surface area contributed by atoms with Crippen LogP contribution in [0.15, 0.2) is 69.8 Å². The molecule has 8 nitrogen and oxygen atoms in total. The lowest BCUT2D eigenvalue weighted by Crippen LogP contribution is -2.05. The quantitative estimate of drug-likeness (QED) is 0.0994. The molecule has 0 fully saturated rings. The van der Waals surface area contributed by atoms with Crippen LogP contribution in [0.2, 0.25) is 0 Å². The van der Waals surface area contributed by atoms with E-state index < -0.39 is 10.9 Å². The highest BCUT2D eigenvalue weighted by molar-refractivity contribution is 14.1. The standard InChI is InChI=1S/C25H18BrIN2O6/c1-14-8-17(6-7-20(14)27)24-28-21(25(30)35-24)11-16-10-19(26)23(22(12-16)33-2)34-13-15-4-3-5-18(9-15)29(31)32/h3-12H,13H2,1-2H3/b21-11-. The van der Waals surface area contributed by atoms with E-state index in [9.17, 15) is 14.9 Å². The minimum absolute atomic E-state index is 0.0112. The normalized spacial score (nSPS) is 14.0. The molecular formula is C25H18BrIN2O6. The molecule has 4 rings (SSSR count). The fraction of sp³-hybridized carbons (Fsp3) is 0.120. The number of carbonyl (C=O) groups excluding carboxylic acids is 1. The number of ether oxygens (including phenoxy) is 3. The number of esters is 1. The Labute approximate surface area is 223 Å². The van der Waals surface area contributed by atoms with E-state index in [0.717, 1.165) is 14.7 Å². The van der Waals surface area contributed by atoms with E-state index in [4.69, 9.17) is 14.2 Å². The summed E-state index contributed by atoms with van der Waals surface area (Å²) in [6.07, 6.45) is 1.60. The zero-order valence-electron chi connectivity index (χ0n) is 18.6. The molecular weight excluding hydrogens is 631 g/mol. The second-order valence-electron chi connectivity index (χ2n) is 7.55. The number of nitro groups is 1. The summed E-state index contributed by atoms with van der Waals surface area (Å²) in [7, 11) is 1.50. The minimum Gasteiger partial charge on any atom is -0.493 e. The van der Waals surface area contributed by atoms with Gasteiger partial charge < -0.3 is 14.2 Å². The Morgan fingerprint density at radius 3 is 2.71 bits per heavy atom. The molecule has 35 heavy (non-hydrogen) atoms. The van der Waals surface area contributed by atoms with E-state index in [1.165, 1.54) is 19.2 Å². The summed E-state index contributed by atoms with van der Waals surface area (Å²) in [4.78, 5) is 27.4. The van der Waals surface area contributed by atoms with Crippen LogP contribution in [-0.2, 0) is 16.1 Å². The number of nitrogens with zero attached hydrogens (tertiary/aromatic N) is 2. The largest absolute Gasteiger partial charge is 0.493 e. The molecule has 0 radical (unpaired) electrons. The van der Waals surface area contributed by atoms with Gasteiger partial charge in [-0.25, -0.2) is 9.79 Å². The van der Waals surface area contributed by atoms with Gasteiger partial charge in [0.05, 0.1) is 16.5 Å². The molecule has 1 heterocycles. The van der Waals surface area contributed by atoms with Crippen molar-refractivity contribution in [3.63, 3.8) is 0 Å². The fourth-order valence-electron chi connectivity index (χ4n) is 3.35. The molecule has 0 N–H and O–H groups in total. The van der Waals surface area contributed by atoms with Crippen molar-refractivity contribution in [1.29, 1.82) is 0 Å². The van der Waals surface area contributed by atoms with Crippen molar-refractivity contribution >= 4 is 62.2 Å². The van der Waals surface area contributed by atoms with Crippen molar-refractivity contribution in [3.8, 4) is 11.5 Å². The van der Waals surface area contributed by atoms with E-state index >= 15 is 0 Å². The predicted molar refractivity (Wildman–Crippen MR) is 143 cm³/mol. The molecule has 1 aliphatic rings. The number of benzene rings is 3. The van der Waals surface area contributed by atoms with E-state index in [0.29, 0.717) is 27.1 Å². The second-order valence-corrected chi connectivity index (χ2v) is 9.57. The number of nitro benzene ring substituents is 1. The number of aryl methyl sites for hydroxylation is 1. The number of methoxy groups -OCH3 is 1. The number of rotatable bonds is 7.